The second-order valence-corrected chi connectivity index (χ2v) is 5.30. The van der Waals surface area contributed by atoms with Crippen molar-refractivity contribution in [3.63, 3.8) is 0 Å². The van der Waals surface area contributed by atoms with E-state index < -0.39 is 0 Å². The van der Waals surface area contributed by atoms with E-state index >= 15 is 0 Å². The number of ketones is 1. The lowest BCUT2D eigenvalue weighted by atomic mass is 9.65. The Morgan fingerprint density at radius 1 is 1.50 bits per heavy atom. The third-order valence-corrected chi connectivity index (χ3v) is 3.90. The van der Waals surface area contributed by atoms with Crippen molar-refractivity contribution < 1.29 is 4.79 Å². The van der Waals surface area contributed by atoms with Gasteiger partial charge in [-0.2, -0.15) is 0 Å². The molecule has 0 amide bonds. The predicted molar refractivity (Wildman–Crippen MR) is 60.2 cm³/mol. The molecule has 0 fully saturated rings. The van der Waals surface area contributed by atoms with Crippen LogP contribution in [0.4, 0.5) is 0 Å². The fraction of sp³-hybridized carbons (Fsp3) is 0.769. The van der Waals surface area contributed by atoms with E-state index in [9.17, 15) is 4.79 Å². The highest BCUT2D eigenvalue weighted by Gasteiger charge is 2.34. The van der Waals surface area contributed by atoms with Crippen molar-refractivity contribution in [1.82, 2.24) is 0 Å². The predicted octanol–water partition coefficient (Wildman–Crippen LogP) is 3.74. The van der Waals surface area contributed by atoms with Crippen LogP contribution in [0.25, 0.3) is 0 Å². The van der Waals surface area contributed by atoms with E-state index in [0.717, 1.165) is 0 Å². The molecule has 0 spiro atoms. The molecule has 0 heterocycles. The first-order valence-corrected chi connectivity index (χ1v) is 5.54. The molecule has 0 saturated heterocycles. The van der Waals surface area contributed by atoms with Crippen LogP contribution in [0.3, 0.4) is 0 Å². The molecule has 0 bridgehead atoms. The molecule has 1 aliphatic carbocycles. The number of rotatable bonds is 2. The van der Waals surface area contributed by atoms with Crippen LogP contribution in [0.5, 0.6) is 0 Å². The Bertz CT molecular complexity index is 271. The fourth-order valence-corrected chi connectivity index (χ4v) is 2.42. The molecule has 1 aliphatic rings. The second kappa shape index (κ2) is 3.88. The zero-order valence-corrected chi connectivity index (χ0v) is 10.1. The maximum atomic E-state index is 11.2. The van der Waals surface area contributed by atoms with Gasteiger partial charge in [0.05, 0.1) is 0 Å². The number of hydrogen-bond donors (Lipinski definition) is 0. The molecule has 1 unspecified atom stereocenters. The SMILES string of the molecule is CC(=O)CC1=C(C)CCC(C)C1(C)C. The van der Waals surface area contributed by atoms with Gasteiger partial charge in [-0.15, -0.1) is 0 Å². The Labute approximate surface area is 87.6 Å². The van der Waals surface area contributed by atoms with Crippen LogP contribution in [0, 0.1) is 11.3 Å². The smallest absolute Gasteiger partial charge is 0.133 e. The Balaban J connectivity index is 3.00. The summed E-state index contributed by atoms with van der Waals surface area (Å²) >= 11 is 0. The molecule has 0 radical (unpaired) electrons. The Morgan fingerprint density at radius 2 is 2.07 bits per heavy atom. The van der Waals surface area contributed by atoms with E-state index in [4.69, 9.17) is 0 Å². The van der Waals surface area contributed by atoms with Crippen molar-refractivity contribution >= 4 is 5.78 Å². The molecule has 1 heteroatoms. The lowest BCUT2D eigenvalue weighted by Crippen LogP contribution is -2.29. The lowest BCUT2D eigenvalue weighted by Gasteiger charge is -2.40. The number of Topliss-reactive ketones (excluding diaryl/α,β-unsaturated/α-hetero) is 1. The van der Waals surface area contributed by atoms with E-state index in [1.54, 1.807) is 6.92 Å². The van der Waals surface area contributed by atoms with Gasteiger partial charge < -0.3 is 0 Å². The van der Waals surface area contributed by atoms with Crippen LogP contribution in [-0.4, -0.2) is 5.78 Å². The lowest BCUT2D eigenvalue weighted by molar-refractivity contribution is -0.116. The summed E-state index contributed by atoms with van der Waals surface area (Å²) in [5.41, 5.74) is 3.06. The van der Waals surface area contributed by atoms with Crippen LogP contribution >= 0.6 is 0 Å². The number of allylic oxidation sites excluding steroid dienone is 2. The summed E-state index contributed by atoms with van der Waals surface area (Å²) in [5, 5.41) is 0. The molecule has 0 aliphatic heterocycles. The quantitative estimate of drug-likeness (QED) is 0.612. The molecule has 0 aromatic rings. The first-order valence-electron chi connectivity index (χ1n) is 5.54. The normalized spacial score (nSPS) is 26.5. The molecule has 1 nitrogen and oxygen atoms in total. The van der Waals surface area contributed by atoms with Gasteiger partial charge in [0.25, 0.3) is 0 Å². The standard InChI is InChI=1S/C13H22O/c1-9-6-7-10(2)13(4,5)12(9)8-11(3)14/h10H,6-8H2,1-5H3. The molecule has 0 aromatic heterocycles. The van der Waals surface area contributed by atoms with Gasteiger partial charge >= 0.3 is 0 Å². The van der Waals surface area contributed by atoms with Crippen LogP contribution in [-0.2, 0) is 4.79 Å². The van der Waals surface area contributed by atoms with Gasteiger partial charge in [-0.3, -0.25) is 4.79 Å². The van der Waals surface area contributed by atoms with Crippen LogP contribution < -0.4 is 0 Å². The average Bonchev–Trinajstić information content (AvgIpc) is 2.06. The zero-order valence-electron chi connectivity index (χ0n) is 10.1. The topological polar surface area (TPSA) is 17.1 Å². The summed E-state index contributed by atoms with van der Waals surface area (Å²) in [5.74, 6) is 0.988. The molecule has 0 aromatic carbocycles. The Morgan fingerprint density at radius 3 is 2.57 bits per heavy atom. The largest absolute Gasteiger partial charge is 0.300 e. The van der Waals surface area contributed by atoms with Crippen LogP contribution in [0.15, 0.2) is 11.1 Å². The van der Waals surface area contributed by atoms with Gasteiger partial charge in [0.2, 0.25) is 0 Å². The third-order valence-electron chi connectivity index (χ3n) is 3.90. The van der Waals surface area contributed by atoms with Crippen molar-refractivity contribution in [2.45, 2.75) is 53.9 Å². The van der Waals surface area contributed by atoms with Crippen molar-refractivity contribution in [2.75, 3.05) is 0 Å². The molecule has 0 saturated carbocycles. The number of carbonyl (C=O) groups excluding carboxylic acids is 1. The van der Waals surface area contributed by atoms with E-state index in [-0.39, 0.29) is 5.41 Å². The van der Waals surface area contributed by atoms with Gasteiger partial charge in [-0.1, -0.05) is 31.9 Å². The molecule has 1 atom stereocenters. The highest BCUT2D eigenvalue weighted by atomic mass is 16.1. The molecular formula is C13H22O. The van der Waals surface area contributed by atoms with Gasteiger partial charge in [0.1, 0.15) is 5.78 Å². The van der Waals surface area contributed by atoms with Gasteiger partial charge in [0, 0.05) is 6.42 Å². The number of carbonyl (C=O) groups is 1. The van der Waals surface area contributed by atoms with Crippen LogP contribution in [0.1, 0.15) is 53.9 Å². The second-order valence-electron chi connectivity index (χ2n) is 5.30. The summed E-state index contributed by atoms with van der Waals surface area (Å²) in [6.07, 6.45) is 3.09. The minimum absolute atomic E-state index is 0.216. The molecular weight excluding hydrogens is 172 g/mol. The Hall–Kier alpha value is -0.590. The molecule has 1 rings (SSSR count). The first kappa shape index (κ1) is 11.5. The third kappa shape index (κ3) is 2.08. The highest BCUT2D eigenvalue weighted by Crippen LogP contribution is 2.45. The summed E-state index contributed by atoms with van der Waals surface area (Å²) in [6.45, 7) is 10.7. The summed E-state index contributed by atoms with van der Waals surface area (Å²) < 4.78 is 0. The summed E-state index contributed by atoms with van der Waals surface area (Å²) in [4.78, 5) is 11.2. The minimum atomic E-state index is 0.216. The summed E-state index contributed by atoms with van der Waals surface area (Å²) in [7, 11) is 0. The van der Waals surface area contributed by atoms with E-state index in [2.05, 4.69) is 27.7 Å². The Kier molecular flexibility index (Phi) is 3.18. The number of hydrogen-bond acceptors (Lipinski definition) is 1. The van der Waals surface area contributed by atoms with Crippen LogP contribution in [0.2, 0.25) is 0 Å². The van der Waals surface area contributed by atoms with E-state index in [1.165, 1.54) is 24.0 Å². The van der Waals surface area contributed by atoms with Gasteiger partial charge in [-0.05, 0) is 38.0 Å². The highest BCUT2D eigenvalue weighted by molar-refractivity contribution is 5.78. The first-order chi connectivity index (χ1) is 6.35. The molecule has 14 heavy (non-hydrogen) atoms. The van der Waals surface area contributed by atoms with Gasteiger partial charge in [-0.25, -0.2) is 0 Å². The molecule has 0 N–H and O–H groups in total. The fourth-order valence-electron chi connectivity index (χ4n) is 2.42. The maximum Gasteiger partial charge on any atom is 0.133 e. The van der Waals surface area contributed by atoms with Crippen molar-refractivity contribution in [3.05, 3.63) is 11.1 Å². The zero-order chi connectivity index (χ0) is 10.9. The van der Waals surface area contributed by atoms with E-state index in [0.29, 0.717) is 18.1 Å². The summed E-state index contributed by atoms with van der Waals surface area (Å²) in [6, 6.07) is 0. The van der Waals surface area contributed by atoms with Crippen molar-refractivity contribution in [3.8, 4) is 0 Å². The van der Waals surface area contributed by atoms with E-state index in [1.807, 2.05) is 0 Å². The monoisotopic (exact) mass is 194 g/mol. The van der Waals surface area contributed by atoms with Crippen molar-refractivity contribution in [2.24, 2.45) is 11.3 Å². The van der Waals surface area contributed by atoms with Gasteiger partial charge in [0.15, 0.2) is 0 Å². The van der Waals surface area contributed by atoms with Crippen molar-refractivity contribution in [1.29, 1.82) is 0 Å². The average molecular weight is 194 g/mol. The molecule has 80 valence electrons. The maximum absolute atomic E-state index is 11.2. The minimum Gasteiger partial charge on any atom is -0.300 e.